The van der Waals surface area contributed by atoms with Crippen molar-refractivity contribution in [1.29, 1.82) is 0 Å². The highest BCUT2D eigenvalue weighted by molar-refractivity contribution is 5.84. The summed E-state index contributed by atoms with van der Waals surface area (Å²) < 4.78 is 0. The summed E-state index contributed by atoms with van der Waals surface area (Å²) in [6.07, 6.45) is 5.00. The van der Waals surface area contributed by atoms with E-state index in [0.717, 1.165) is 12.6 Å². The molecule has 3 heteroatoms. The van der Waals surface area contributed by atoms with E-state index in [1.165, 1.54) is 25.7 Å². The lowest BCUT2D eigenvalue weighted by molar-refractivity contribution is -0.132. The van der Waals surface area contributed by atoms with Crippen LogP contribution in [0.15, 0.2) is 0 Å². The van der Waals surface area contributed by atoms with Gasteiger partial charge in [0.1, 0.15) is 0 Å². The quantitative estimate of drug-likeness (QED) is 0.778. The maximum atomic E-state index is 12.2. The molecule has 0 aromatic heterocycles. The summed E-state index contributed by atoms with van der Waals surface area (Å²) in [7, 11) is 0. The van der Waals surface area contributed by atoms with Crippen LogP contribution in [-0.4, -0.2) is 29.6 Å². The third-order valence-electron chi connectivity index (χ3n) is 4.05. The van der Waals surface area contributed by atoms with E-state index in [2.05, 4.69) is 31.0 Å². The molecule has 0 aromatic carbocycles. The molecule has 2 fully saturated rings. The topological polar surface area (TPSA) is 32.3 Å². The molecular weight excluding hydrogens is 200 g/mol. The van der Waals surface area contributed by atoms with Gasteiger partial charge in [0.25, 0.3) is 0 Å². The van der Waals surface area contributed by atoms with Gasteiger partial charge in [-0.2, -0.15) is 0 Å². The summed E-state index contributed by atoms with van der Waals surface area (Å²) in [6, 6.07) is 0.546. The van der Waals surface area contributed by atoms with E-state index in [1.54, 1.807) is 0 Å². The molecule has 3 atom stereocenters. The lowest BCUT2D eigenvalue weighted by Gasteiger charge is -2.33. The molecule has 16 heavy (non-hydrogen) atoms. The van der Waals surface area contributed by atoms with Crippen molar-refractivity contribution in [1.82, 2.24) is 10.2 Å². The SMILES string of the molecule is CC1CCCC(N2CNC(C(C)C)C2=O)C1. The number of amides is 1. The molecule has 1 N–H and O–H groups in total. The molecule has 1 heterocycles. The normalized spacial score (nSPS) is 36.1. The molecule has 1 amide bonds. The molecule has 3 nitrogen and oxygen atoms in total. The first-order valence-corrected chi connectivity index (χ1v) is 6.63. The Balaban J connectivity index is 1.98. The van der Waals surface area contributed by atoms with Gasteiger partial charge in [0, 0.05) is 6.04 Å². The van der Waals surface area contributed by atoms with E-state index in [4.69, 9.17) is 0 Å². The van der Waals surface area contributed by atoms with Crippen molar-refractivity contribution in [2.24, 2.45) is 11.8 Å². The second-order valence-electron chi connectivity index (χ2n) is 5.82. The number of hydrogen-bond acceptors (Lipinski definition) is 2. The summed E-state index contributed by atoms with van der Waals surface area (Å²) in [6.45, 7) is 7.30. The first-order chi connectivity index (χ1) is 7.59. The van der Waals surface area contributed by atoms with Gasteiger partial charge in [0.2, 0.25) is 5.91 Å². The fourth-order valence-corrected chi connectivity index (χ4v) is 3.06. The van der Waals surface area contributed by atoms with Gasteiger partial charge in [0.05, 0.1) is 12.7 Å². The maximum absolute atomic E-state index is 12.2. The Hall–Kier alpha value is -0.570. The second-order valence-corrected chi connectivity index (χ2v) is 5.82. The van der Waals surface area contributed by atoms with Crippen LogP contribution in [0.3, 0.4) is 0 Å². The number of nitrogens with zero attached hydrogens (tertiary/aromatic N) is 1. The number of carbonyl (C=O) groups excluding carboxylic acids is 1. The second kappa shape index (κ2) is 4.74. The van der Waals surface area contributed by atoms with Crippen molar-refractivity contribution in [3.05, 3.63) is 0 Å². The van der Waals surface area contributed by atoms with Crippen LogP contribution in [0.4, 0.5) is 0 Å². The fourth-order valence-electron chi connectivity index (χ4n) is 3.06. The Bertz CT molecular complexity index is 265. The summed E-state index contributed by atoms with van der Waals surface area (Å²) >= 11 is 0. The molecule has 0 bridgehead atoms. The van der Waals surface area contributed by atoms with E-state index in [0.29, 0.717) is 17.9 Å². The fraction of sp³-hybridized carbons (Fsp3) is 0.923. The van der Waals surface area contributed by atoms with Crippen LogP contribution < -0.4 is 5.32 Å². The predicted molar refractivity (Wildman–Crippen MR) is 64.9 cm³/mol. The standard InChI is InChI=1S/C13H24N2O/c1-9(2)12-13(16)15(8-14-12)11-6-4-5-10(3)7-11/h9-12,14H,4-8H2,1-3H3. The molecule has 0 spiro atoms. The minimum atomic E-state index is 0.0530. The van der Waals surface area contributed by atoms with Crippen LogP contribution in [0.1, 0.15) is 46.5 Å². The highest BCUT2D eigenvalue weighted by atomic mass is 16.2. The summed E-state index contributed by atoms with van der Waals surface area (Å²) in [5.41, 5.74) is 0. The van der Waals surface area contributed by atoms with Gasteiger partial charge in [-0.25, -0.2) is 0 Å². The zero-order valence-corrected chi connectivity index (χ0v) is 10.7. The summed E-state index contributed by atoms with van der Waals surface area (Å²) in [4.78, 5) is 14.3. The zero-order valence-electron chi connectivity index (χ0n) is 10.7. The van der Waals surface area contributed by atoms with Gasteiger partial charge in [-0.15, -0.1) is 0 Å². The highest BCUT2D eigenvalue weighted by Crippen LogP contribution is 2.29. The van der Waals surface area contributed by atoms with Crippen LogP contribution in [0.25, 0.3) is 0 Å². The van der Waals surface area contributed by atoms with Crippen molar-refractivity contribution in [3.8, 4) is 0 Å². The molecule has 1 saturated heterocycles. The minimum absolute atomic E-state index is 0.0530. The monoisotopic (exact) mass is 224 g/mol. The van der Waals surface area contributed by atoms with E-state index in [1.807, 2.05) is 0 Å². The largest absolute Gasteiger partial charge is 0.326 e. The maximum Gasteiger partial charge on any atom is 0.241 e. The number of carbonyl (C=O) groups is 1. The summed E-state index contributed by atoms with van der Waals surface area (Å²) in [5.74, 6) is 1.51. The lowest BCUT2D eigenvalue weighted by Crippen LogP contribution is -2.42. The van der Waals surface area contributed by atoms with Crippen molar-refractivity contribution < 1.29 is 4.79 Å². The molecular formula is C13H24N2O. The van der Waals surface area contributed by atoms with E-state index in [-0.39, 0.29) is 6.04 Å². The smallest absolute Gasteiger partial charge is 0.241 e. The average molecular weight is 224 g/mol. The number of rotatable bonds is 2. The van der Waals surface area contributed by atoms with E-state index >= 15 is 0 Å². The molecule has 2 rings (SSSR count). The number of nitrogens with one attached hydrogen (secondary N) is 1. The summed E-state index contributed by atoms with van der Waals surface area (Å²) in [5, 5.41) is 3.34. The van der Waals surface area contributed by atoms with Crippen LogP contribution in [0, 0.1) is 11.8 Å². The van der Waals surface area contributed by atoms with Crippen LogP contribution in [0.2, 0.25) is 0 Å². The van der Waals surface area contributed by atoms with Crippen LogP contribution in [-0.2, 0) is 4.79 Å². The van der Waals surface area contributed by atoms with Gasteiger partial charge in [0.15, 0.2) is 0 Å². The van der Waals surface area contributed by atoms with E-state index < -0.39 is 0 Å². The third-order valence-corrected chi connectivity index (χ3v) is 4.05. The Kier molecular flexibility index (Phi) is 3.53. The molecule has 0 radical (unpaired) electrons. The molecule has 92 valence electrons. The first kappa shape index (κ1) is 11.9. The van der Waals surface area contributed by atoms with Crippen molar-refractivity contribution in [2.75, 3.05) is 6.67 Å². The predicted octanol–water partition coefficient (Wildman–Crippen LogP) is 1.98. The molecule has 1 saturated carbocycles. The van der Waals surface area contributed by atoms with E-state index in [9.17, 15) is 4.79 Å². The molecule has 2 aliphatic rings. The molecule has 0 aromatic rings. The first-order valence-electron chi connectivity index (χ1n) is 6.63. The van der Waals surface area contributed by atoms with Gasteiger partial charge in [-0.3, -0.25) is 10.1 Å². The molecule has 1 aliphatic heterocycles. The lowest BCUT2D eigenvalue weighted by atomic mass is 9.86. The van der Waals surface area contributed by atoms with Crippen LogP contribution >= 0.6 is 0 Å². The number of hydrogen-bond donors (Lipinski definition) is 1. The minimum Gasteiger partial charge on any atom is -0.326 e. The van der Waals surface area contributed by atoms with Crippen molar-refractivity contribution in [2.45, 2.75) is 58.5 Å². The Morgan fingerprint density at radius 1 is 1.38 bits per heavy atom. The average Bonchev–Trinajstić information content (AvgIpc) is 2.60. The highest BCUT2D eigenvalue weighted by Gasteiger charge is 2.37. The van der Waals surface area contributed by atoms with Gasteiger partial charge in [-0.05, 0) is 24.7 Å². The van der Waals surface area contributed by atoms with Crippen molar-refractivity contribution >= 4 is 5.91 Å². The Morgan fingerprint density at radius 3 is 2.69 bits per heavy atom. The van der Waals surface area contributed by atoms with Crippen molar-refractivity contribution in [3.63, 3.8) is 0 Å². The van der Waals surface area contributed by atoms with Crippen LogP contribution in [0.5, 0.6) is 0 Å². The molecule has 1 aliphatic carbocycles. The Morgan fingerprint density at radius 2 is 2.12 bits per heavy atom. The third kappa shape index (κ3) is 2.24. The zero-order chi connectivity index (χ0) is 11.7. The molecule has 3 unspecified atom stereocenters. The Labute approximate surface area is 98.6 Å². The van der Waals surface area contributed by atoms with Gasteiger partial charge in [-0.1, -0.05) is 33.6 Å². The van der Waals surface area contributed by atoms with Gasteiger partial charge < -0.3 is 4.90 Å². The van der Waals surface area contributed by atoms with Gasteiger partial charge >= 0.3 is 0 Å².